The predicted molar refractivity (Wildman–Crippen MR) is 70.4 cm³/mol. The van der Waals surface area contributed by atoms with Gasteiger partial charge in [-0.3, -0.25) is 9.59 Å². The van der Waals surface area contributed by atoms with Gasteiger partial charge in [-0.1, -0.05) is 49.4 Å². The van der Waals surface area contributed by atoms with Gasteiger partial charge in [-0.05, 0) is 6.42 Å². The van der Waals surface area contributed by atoms with Crippen LogP contribution in [0.25, 0.3) is 0 Å². The predicted octanol–water partition coefficient (Wildman–Crippen LogP) is 3.16. The van der Waals surface area contributed by atoms with E-state index in [9.17, 15) is 9.59 Å². The number of carbonyl (C=O) groups is 2. The van der Waals surface area contributed by atoms with Crippen LogP contribution in [-0.2, 0) is 9.53 Å². The van der Waals surface area contributed by atoms with E-state index in [0.717, 1.165) is 6.42 Å². The van der Waals surface area contributed by atoms with E-state index in [0.29, 0.717) is 12.0 Å². The summed E-state index contributed by atoms with van der Waals surface area (Å²) in [4.78, 5) is 23.2. The topological polar surface area (TPSA) is 43.4 Å². The van der Waals surface area contributed by atoms with Crippen LogP contribution in [-0.4, -0.2) is 17.9 Å². The van der Waals surface area contributed by atoms with Gasteiger partial charge in [-0.15, -0.1) is 0 Å². The van der Waals surface area contributed by atoms with Crippen LogP contribution < -0.4 is 0 Å². The first-order chi connectivity index (χ1) is 8.65. The second-order valence-corrected chi connectivity index (χ2v) is 3.94. The second-order valence-electron chi connectivity index (χ2n) is 3.94. The molecule has 0 aliphatic rings. The van der Waals surface area contributed by atoms with Crippen LogP contribution in [0.5, 0.6) is 0 Å². The van der Waals surface area contributed by atoms with Gasteiger partial charge in [-0.25, -0.2) is 0 Å². The highest BCUT2D eigenvalue weighted by Gasteiger charge is 2.21. The van der Waals surface area contributed by atoms with Gasteiger partial charge < -0.3 is 4.74 Å². The largest absolute Gasteiger partial charge is 0.454 e. The number of esters is 1. The lowest BCUT2D eigenvalue weighted by molar-refractivity contribution is -0.144. The highest BCUT2D eigenvalue weighted by molar-refractivity contribution is 6.00. The van der Waals surface area contributed by atoms with Crippen molar-refractivity contribution in [1.82, 2.24) is 0 Å². The molecule has 3 nitrogen and oxygen atoms in total. The number of allylic oxidation sites excluding steroid dienone is 1. The molecule has 0 heterocycles. The first-order valence-electron chi connectivity index (χ1n) is 6.06. The number of ether oxygens (including phenoxy) is 1. The summed E-state index contributed by atoms with van der Waals surface area (Å²) in [6.45, 7) is 3.32. The molecule has 1 aromatic rings. The molecule has 0 aromatic heterocycles. The summed E-state index contributed by atoms with van der Waals surface area (Å²) in [5.41, 5.74) is 0.564. The summed E-state index contributed by atoms with van der Waals surface area (Å²) in [5, 5.41) is 0. The van der Waals surface area contributed by atoms with Crippen LogP contribution in [0.4, 0.5) is 0 Å². The molecule has 1 aromatic carbocycles. The van der Waals surface area contributed by atoms with Crippen LogP contribution in [0.2, 0.25) is 0 Å². The Hall–Kier alpha value is -1.90. The third-order valence-electron chi connectivity index (χ3n) is 2.41. The third kappa shape index (κ3) is 4.53. The lowest BCUT2D eigenvalue weighted by Crippen LogP contribution is -2.26. The molecule has 1 atom stereocenters. The van der Waals surface area contributed by atoms with Crippen molar-refractivity contribution < 1.29 is 14.3 Å². The smallest absolute Gasteiger partial charge is 0.303 e. The zero-order valence-electron chi connectivity index (χ0n) is 10.8. The Labute approximate surface area is 107 Å². The Bertz CT molecular complexity index is 421. The maximum absolute atomic E-state index is 12.2. The van der Waals surface area contributed by atoms with Gasteiger partial charge in [0, 0.05) is 18.9 Å². The lowest BCUT2D eigenvalue weighted by atomic mass is 10.0. The average Bonchev–Trinajstić information content (AvgIpc) is 2.37. The number of ketones is 1. The van der Waals surface area contributed by atoms with Gasteiger partial charge in [0.15, 0.2) is 6.10 Å². The van der Waals surface area contributed by atoms with E-state index in [1.165, 1.54) is 6.92 Å². The van der Waals surface area contributed by atoms with Crippen molar-refractivity contribution in [1.29, 1.82) is 0 Å². The van der Waals surface area contributed by atoms with Gasteiger partial charge in [0.1, 0.15) is 0 Å². The second kappa shape index (κ2) is 7.43. The summed E-state index contributed by atoms with van der Waals surface area (Å²) >= 11 is 0. The maximum Gasteiger partial charge on any atom is 0.303 e. The molecule has 0 N–H and O–H groups in total. The van der Waals surface area contributed by atoms with Crippen molar-refractivity contribution in [2.45, 2.75) is 32.8 Å². The minimum absolute atomic E-state index is 0.161. The normalized spacial score (nSPS) is 12.3. The number of benzene rings is 1. The van der Waals surface area contributed by atoms with E-state index in [1.54, 1.807) is 24.3 Å². The maximum atomic E-state index is 12.2. The molecular formula is C15H18O3. The van der Waals surface area contributed by atoms with E-state index >= 15 is 0 Å². The Morgan fingerprint density at radius 2 is 1.89 bits per heavy atom. The summed E-state index contributed by atoms with van der Waals surface area (Å²) in [6, 6.07) is 8.87. The van der Waals surface area contributed by atoms with Crippen molar-refractivity contribution in [3.05, 3.63) is 48.0 Å². The molecule has 0 amide bonds. The molecule has 0 aliphatic carbocycles. The molecule has 3 heteroatoms. The summed E-state index contributed by atoms with van der Waals surface area (Å²) in [6.07, 6.45) is 4.41. The van der Waals surface area contributed by atoms with E-state index < -0.39 is 12.1 Å². The average molecular weight is 246 g/mol. The minimum atomic E-state index is -0.729. The molecular weight excluding hydrogens is 228 g/mol. The van der Waals surface area contributed by atoms with Crippen molar-refractivity contribution in [2.75, 3.05) is 0 Å². The quantitative estimate of drug-likeness (QED) is 0.440. The minimum Gasteiger partial charge on any atom is -0.454 e. The van der Waals surface area contributed by atoms with Crippen molar-refractivity contribution >= 4 is 11.8 Å². The monoisotopic (exact) mass is 246 g/mol. The van der Waals surface area contributed by atoms with Crippen LogP contribution in [0, 0.1) is 0 Å². The molecule has 0 saturated heterocycles. The molecule has 18 heavy (non-hydrogen) atoms. The van der Waals surface area contributed by atoms with Crippen molar-refractivity contribution in [2.24, 2.45) is 0 Å². The number of hydrogen-bond acceptors (Lipinski definition) is 3. The molecule has 96 valence electrons. The van der Waals surface area contributed by atoms with E-state index in [2.05, 4.69) is 0 Å². The number of Topliss-reactive ketones (excluding diaryl/α,β-unsaturated/α-hetero) is 1. The zero-order chi connectivity index (χ0) is 13.4. The standard InChI is InChI=1S/C15H18O3/c1-3-4-6-11-14(18-12(2)16)15(17)13-9-7-5-8-10-13/h4-10,14H,3,11H2,1-2H3/b6-4+. The highest BCUT2D eigenvalue weighted by atomic mass is 16.5. The molecule has 0 spiro atoms. The molecule has 0 radical (unpaired) electrons. The van der Waals surface area contributed by atoms with Gasteiger partial charge in [-0.2, -0.15) is 0 Å². The Morgan fingerprint density at radius 1 is 1.22 bits per heavy atom. The lowest BCUT2D eigenvalue weighted by Gasteiger charge is -2.14. The fourth-order valence-electron chi connectivity index (χ4n) is 1.58. The number of hydrogen-bond donors (Lipinski definition) is 0. The summed E-state index contributed by atoms with van der Waals surface area (Å²) in [7, 11) is 0. The van der Waals surface area contributed by atoms with Crippen LogP contribution in [0.3, 0.4) is 0 Å². The summed E-state index contributed by atoms with van der Waals surface area (Å²) < 4.78 is 5.07. The fourth-order valence-corrected chi connectivity index (χ4v) is 1.58. The van der Waals surface area contributed by atoms with Gasteiger partial charge in [0.05, 0.1) is 0 Å². The van der Waals surface area contributed by atoms with E-state index in [1.807, 2.05) is 25.1 Å². The van der Waals surface area contributed by atoms with E-state index in [4.69, 9.17) is 4.74 Å². The van der Waals surface area contributed by atoms with Gasteiger partial charge in [0.2, 0.25) is 5.78 Å². The van der Waals surface area contributed by atoms with Gasteiger partial charge in [0.25, 0.3) is 0 Å². The molecule has 0 saturated carbocycles. The van der Waals surface area contributed by atoms with Gasteiger partial charge >= 0.3 is 5.97 Å². The molecule has 1 rings (SSSR count). The molecule has 1 unspecified atom stereocenters. The van der Waals surface area contributed by atoms with Crippen molar-refractivity contribution in [3.8, 4) is 0 Å². The number of carbonyl (C=O) groups excluding carboxylic acids is 2. The fraction of sp³-hybridized carbons (Fsp3) is 0.333. The Balaban J connectivity index is 2.78. The summed E-state index contributed by atoms with van der Waals surface area (Å²) in [5.74, 6) is -0.597. The van der Waals surface area contributed by atoms with Crippen LogP contribution >= 0.6 is 0 Å². The Kier molecular flexibility index (Phi) is 5.85. The van der Waals surface area contributed by atoms with Crippen molar-refractivity contribution in [3.63, 3.8) is 0 Å². The first-order valence-corrected chi connectivity index (χ1v) is 6.06. The van der Waals surface area contributed by atoms with Crippen LogP contribution in [0.15, 0.2) is 42.5 Å². The third-order valence-corrected chi connectivity index (χ3v) is 2.41. The van der Waals surface area contributed by atoms with Crippen LogP contribution in [0.1, 0.15) is 37.0 Å². The molecule has 0 bridgehead atoms. The molecule has 0 fully saturated rings. The SMILES string of the molecule is CC/C=C/CC(OC(C)=O)C(=O)c1ccccc1. The Morgan fingerprint density at radius 3 is 2.44 bits per heavy atom. The zero-order valence-corrected chi connectivity index (χ0v) is 10.8. The molecule has 0 aliphatic heterocycles. The highest BCUT2D eigenvalue weighted by Crippen LogP contribution is 2.10. The first kappa shape index (κ1) is 14.2. The van der Waals surface area contributed by atoms with E-state index in [-0.39, 0.29) is 5.78 Å². The number of rotatable bonds is 6.